The number of hydrogen-bond donors (Lipinski definition) is 0. The van der Waals surface area contributed by atoms with Crippen LogP contribution in [0.1, 0.15) is 73.6 Å². The van der Waals surface area contributed by atoms with Crippen LogP contribution in [-0.4, -0.2) is 35.7 Å². The first kappa shape index (κ1) is 21.1. The fraction of sp³-hybridized carbons (Fsp3) is 0.864. The summed E-state index contributed by atoms with van der Waals surface area (Å²) in [5.74, 6) is -0.460. The fourth-order valence-corrected chi connectivity index (χ4v) is 5.64. The highest BCUT2D eigenvalue weighted by Crippen LogP contribution is 2.63. The summed E-state index contributed by atoms with van der Waals surface area (Å²) < 4.78 is 16.3. The quantitative estimate of drug-likeness (QED) is 0.535. The molecule has 158 valence electrons. The third-order valence-electron chi connectivity index (χ3n) is 6.13. The van der Waals surface area contributed by atoms with Gasteiger partial charge in [-0.05, 0) is 91.4 Å². The third-order valence-corrected chi connectivity index (χ3v) is 6.13. The Bertz CT molecular complexity index is 637. The van der Waals surface area contributed by atoms with E-state index in [2.05, 4.69) is 0 Å². The van der Waals surface area contributed by atoms with E-state index in [1.807, 2.05) is 20.8 Å². The maximum Gasteiger partial charge on any atom is 0.344 e. The van der Waals surface area contributed by atoms with E-state index in [-0.39, 0.29) is 36.3 Å². The minimum Gasteiger partial charge on any atom is -0.460 e. The van der Waals surface area contributed by atoms with Gasteiger partial charge in [0.15, 0.2) is 6.61 Å². The lowest BCUT2D eigenvalue weighted by atomic mass is 9.46. The second-order valence-corrected chi connectivity index (χ2v) is 11.0. The van der Waals surface area contributed by atoms with E-state index in [1.165, 1.54) is 0 Å². The van der Waals surface area contributed by atoms with E-state index in [4.69, 9.17) is 14.2 Å². The minimum absolute atomic E-state index is 0.111. The average Bonchev–Trinajstić information content (AvgIpc) is 2.48. The van der Waals surface area contributed by atoms with Gasteiger partial charge in [0, 0.05) is 0 Å². The molecule has 4 aliphatic carbocycles. The van der Waals surface area contributed by atoms with Gasteiger partial charge >= 0.3 is 17.9 Å². The normalized spacial score (nSPS) is 34.1. The highest BCUT2D eigenvalue weighted by molar-refractivity contribution is 5.81. The molecule has 0 amide bonds. The Morgan fingerprint density at radius 2 is 1.39 bits per heavy atom. The largest absolute Gasteiger partial charge is 0.460 e. The fourth-order valence-electron chi connectivity index (χ4n) is 5.64. The van der Waals surface area contributed by atoms with Crippen molar-refractivity contribution in [2.45, 2.75) is 84.8 Å². The van der Waals surface area contributed by atoms with Gasteiger partial charge in [-0.1, -0.05) is 0 Å². The highest BCUT2D eigenvalue weighted by Gasteiger charge is 2.61. The van der Waals surface area contributed by atoms with Crippen LogP contribution in [0.25, 0.3) is 0 Å². The maximum atomic E-state index is 12.9. The number of ether oxygens (including phenoxy) is 3. The van der Waals surface area contributed by atoms with Gasteiger partial charge in [-0.25, -0.2) is 4.79 Å². The van der Waals surface area contributed by atoms with Crippen LogP contribution in [-0.2, 0) is 28.6 Å². The molecule has 0 heterocycles. The highest BCUT2D eigenvalue weighted by atomic mass is 16.6. The molecule has 0 spiro atoms. The van der Waals surface area contributed by atoms with Crippen LogP contribution >= 0.6 is 0 Å². The molecular weight excluding hydrogens is 360 g/mol. The molecule has 0 aliphatic heterocycles. The van der Waals surface area contributed by atoms with Gasteiger partial charge in [0.1, 0.15) is 11.2 Å². The number of carbonyl (C=O) groups excluding carboxylic acids is 3. The van der Waals surface area contributed by atoms with Crippen molar-refractivity contribution in [1.29, 1.82) is 0 Å². The molecule has 6 heteroatoms. The summed E-state index contributed by atoms with van der Waals surface area (Å²) in [5.41, 5.74) is -1.57. The molecule has 0 aromatic rings. The van der Waals surface area contributed by atoms with Crippen LogP contribution in [0.2, 0.25) is 0 Å². The zero-order valence-electron chi connectivity index (χ0n) is 18.0. The number of carbonyl (C=O) groups is 3. The predicted molar refractivity (Wildman–Crippen MR) is 102 cm³/mol. The molecule has 4 aliphatic rings. The molecule has 2 atom stereocenters. The summed E-state index contributed by atoms with van der Waals surface area (Å²) in [7, 11) is 0. The monoisotopic (exact) mass is 394 g/mol. The lowest BCUT2D eigenvalue weighted by Crippen LogP contribution is -2.57. The van der Waals surface area contributed by atoms with Gasteiger partial charge in [-0.15, -0.1) is 0 Å². The molecule has 0 aromatic heterocycles. The van der Waals surface area contributed by atoms with Crippen LogP contribution in [0.5, 0.6) is 0 Å². The zero-order valence-corrected chi connectivity index (χ0v) is 18.0. The molecule has 2 unspecified atom stereocenters. The van der Waals surface area contributed by atoms with Gasteiger partial charge < -0.3 is 14.2 Å². The Hall–Kier alpha value is -1.59. The predicted octanol–water partition coefficient (Wildman–Crippen LogP) is 3.66. The van der Waals surface area contributed by atoms with Crippen LogP contribution < -0.4 is 0 Å². The molecule has 0 N–H and O–H groups in total. The van der Waals surface area contributed by atoms with Crippen molar-refractivity contribution >= 4 is 17.9 Å². The first-order valence-electron chi connectivity index (χ1n) is 10.4. The Balaban J connectivity index is 1.64. The molecule has 6 nitrogen and oxygen atoms in total. The van der Waals surface area contributed by atoms with E-state index in [9.17, 15) is 14.4 Å². The van der Waals surface area contributed by atoms with Crippen molar-refractivity contribution in [2.24, 2.45) is 29.1 Å². The van der Waals surface area contributed by atoms with E-state index < -0.39 is 22.6 Å². The number of rotatable bonds is 4. The summed E-state index contributed by atoms with van der Waals surface area (Å²) in [5, 5.41) is 0. The van der Waals surface area contributed by atoms with Gasteiger partial charge in [0.25, 0.3) is 0 Å². The van der Waals surface area contributed by atoms with Crippen molar-refractivity contribution in [3.63, 3.8) is 0 Å². The van der Waals surface area contributed by atoms with Gasteiger partial charge in [0.2, 0.25) is 0 Å². The van der Waals surface area contributed by atoms with Crippen molar-refractivity contribution in [3.05, 3.63) is 0 Å². The molecule has 4 saturated carbocycles. The Labute approximate surface area is 167 Å². The number of esters is 3. The summed E-state index contributed by atoms with van der Waals surface area (Å²) in [6.45, 7) is 10.7. The van der Waals surface area contributed by atoms with Crippen molar-refractivity contribution in [1.82, 2.24) is 0 Å². The van der Waals surface area contributed by atoms with E-state index >= 15 is 0 Å². The van der Waals surface area contributed by atoms with Gasteiger partial charge in [-0.2, -0.15) is 0 Å². The molecule has 4 fully saturated rings. The molecule has 28 heavy (non-hydrogen) atoms. The standard InChI is InChI=1S/C22H34O6/c1-20(2,3)27-16(23)12-26-18(24)17-14-7-13-8-15(17)11-22(9-13,10-14)19(25)28-21(4,5)6/h13-15,17H,7-12H2,1-6H3. The van der Waals surface area contributed by atoms with Crippen LogP contribution in [0.3, 0.4) is 0 Å². The molecule has 0 radical (unpaired) electrons. The topological polar surface area (TPSA) is 78.9 Å². The molecule has 0 aromatic carbocycles. The second-order valence-electron chi connectivity index (χ2n) is 11.0. The molecule has 0 saturated heterocycles. The zero-order chi connectivity index (χ0) is 20.9. The Morgan fingerprint density at radius 3 is 1.89 bits per heavy atom. The second kappa shape index (κ2) is 7.03. The summed E-state index contributed by atoms with van der Waals surface area (Å²) in [6.07, 6.45) is 4.14. The molecule has 4 rings (SSSR count). The van der Waals surface area contributed by atoms with Gasteiger partial charge in [-0.3, -0.25) is 9.59 Å². The maximum absolute atomic E-state index is 12.9. The first-order chi connectivity index (χ1) is 12.8. The molecular formula is C22H34O6. The summed E-state index contributed by atoms with van der Waals surface area (Å²) >= 11 is 0. The van der Waals surface area contributed by atoms with Gasteiger partial charge in [0.05, 0.1) is 11.3 Å². The van der Waals surface area contributed by atoms with Crippen molar-refractivity contribution in [3.8, 4) is 0 Å². The van der Waals surface area contributed by atoms with E-state index in [0.717, 1.165) is 19.3 Å². The third kappa shape index (κ3) is 4.52. The van der Waals surface area contributed by atoms with E-state index in [1.54, 1.807) is 20.8 Å². The Kier molecular flexibility index (Phi) is 5.30. The van der Waals surface area contributed by atoms with Crippen LogP contribution in [0, 0.1) is 29.1 Å². The smallest absolute Gasteiger partial charge is 0.344 e. The first-order valence-corrected chi connectivity index (χ1v) is 10.4. The average molecular weight is 395 g/mol. The van der Waals surface area contributed by atoms with Crippen molar-refractivity contribution in [2.75, 3.05) is 6.61 Å². The van der Waals surface area contributed by atoms with Crippen molar-refractivity contribution < 1.29 is 28.6 Å². The van der Waals surface area contributed by atoms with Crippen LogP contribution in [0.15, 0.2) is 0 Å². The van der Waals surface area contributed by atoms with E-state index in [0.29, 0.717) is 18.8 Å². The Morgan fingerprint density at radius 1 is 0.857 bits per heavy atom. The summed E-state index contributed by atoms with van der Waals surface area (Å²) in [4.78, 5) is 37.6. The molecule has 4 bridgehead atoms. The lowest BCUT2D eigenvalue weighted by molar-refractivity contribution is -0.195. The minimum atomic E-state index is -0.605. The SMILES string of the molecule is CC(C)(C)OC(=O)COC(=O)C1C2CC3CC1CC(C(=O)OC(C)(C)C)(C3)C2. The van der Waals surface area contributed by atoms with Crippen LogP contribution in [0.4, 0.5) is 0 Å². The lowest BCUT2D eigenvalue weighted by Gasteiger charge is -2.58. The number of hydrogen-bond acceptors (Lipinski definition) is 6. The summed E-state index contributed by atoms with van der Waals surface area (Å²) in [6, 6.07) is 0.